The number of benzene rings is 2. The number of aromatic nitrogens is 1. The van der Waals surface area contributed by atoms with E-state index in [0.717, 1.165) is 11.1 Å². The van der Waals surface area contributed by atoms with Crippen LogP contribution in [0.25, 0.3) is 0 Å². The highest BCUT2D eigenvalue weighted by Gasteiger charge is 2.09. The van der Waals surface area contributed by atoms with E-state index in [1.165, 1.54) is 7.11 Å². The molecule has 0 unspecified atom stereocenters. The lowest BCUT2D eigenvalue weighted by Gasteiger charge is -2.10. The molecular formula is C22H21N3O3. The number of carbonyl (C=O) groups excluding carboxylic acids is 2. The summed E-state index contributed by atoms with van der Waals surface area (Å²) < 4.78 is 4.73. The van der Waals surface area contributed by atoms with Gasteiger partial charge in [0.2, 0.25) is 0 Å². The van der Waals surface area contributed by atoms with E-state index in [-0.39, 0.29) is 5.91 Å². The van der Waals surface area contributed by atoms with Gasteiger partial charge in [-0.15, -0.1) is 0 Å². The molecule has 6 nitrogen and oxygen atoms in total. The molecule has 0 spiro atoms. The molecule has 0 aliphatic heterocycles. The number of pyridine rings is 1. The van der Waals surface area contributed by atoms with Crippen LogP contribution in [0, 0.1) is 6.92 Å². The molecule has 3 aromatic rings. The largest absolute Gasteiger partial charge is 0.465 e. The van der Waals surface area contributed by atoms with Crippen molar-refractivity contribution in [3.63, 3.8) is 0 Å². The van der Waals surface area contributed by atoms with Crippen molar-refractivity contribution < 1.29 is 14.3 Å². The quantitative estimate of drug-likeness (QED) is 0.640. The van der Waals surface area contributed by atoms with Crippen molar-refractivity contribution >= 4 is 23.4 Å². The Morgan fingerprint density at radius 1 is 1.00 bits per heavy atom. The van der Waals surface area contributed by atoms with Gasteiger partial charge in [-0.2, -0.15) is 0 Å². The molecule has 0 radical (unpaired) electrons. The molecule has 0 aliphatic carbocycles. The molecule has 142 valence electrons. The van der Waals surface area contributed by atoms with Gasteiger partial charge in [0.05, 0.1) is 12.7 Å². The SMILES string of the molecule is COC(=O)c1cccc(Nc2cc(C(=O)NCc3ccccc3C)ccn2)c1. The van der Waals surface area contributed by atoms with Crippen LogP contribution in [-0.2, 0) is 11.3 Å². The minimum Gasteiger partial charge on any atom is -0.465 e. The highest BCUT2D eigenvalue weighted by Crippen LogP contribution is 2.17. The van der Waals surface area contributed by atoms with Crippen molar-refractivity contribution in [3.05, 3.63) is 89.1 Å². The third kappa shape index (κ3) is 4.73. The molecule has 1 aromatic heterocycles. The van der Waals surface area contributed by atoms with Gasteiger partial charge >= 0.3 is 5.97 Å². The van der Waals surface area contributed by atoms with Gasteiger partial charge in [0.15, 0.2) is 0 Å². The first kappa shape index (κ1) is 19.1. The Morgan fingerprint density at radius 2 is 1.82 bits per heavy atom. The molecule has 0 fully saturated rings. The molecule has 0 saturated carbocycles. The summed E-state index contributed by atoms with van der Waals surface area (Å²) >= 11 is 0. The zero-order valence-electron chi connectivity index (χ0n) is 15.7. The Kier molecular flexibility index (Phi) is 6.01. The van der Waals surface area contributed by atoms with Crippen LogP contribution < -0.4 is 10.6 Å². The van der Waals surface area contributed by atoms with E-state index in [1.54, 1.807) is 42.6 Å². The minimum atomic E-state index is -0.416. The zero-order valence-corrected chi connectivity index (χ0v) is 15.7. The summed E-state index contributed by atoms with van der Waals surface area (Å²) in [4.78, 5) is 28.4. The maximum Gasteiger partial charge on any atom is 0.337 e. The molecule has 3 rings (SSSR count). The number of carbonyl (C=O) groups is 2. The third-order valence-corrected chi connectivity index (χ3v) is 4.28. The average molecular weight is 375 g/mol. The lowest BCUT2D eigenvalue weighted by molar-refractivity contribution is 0.0600. The Labute approximate surface area is 163 Å². The maximum atomic E-state index is 12.5. The van der Waals surface area contributed by atoms with E-state index in [1.807, 2.05) is 31.2 Å². The first-order valence-corrected chi connectivity index (χ1v) is 8.81. The number of methoxy groups -OCH3 is 1. The standard InChI is InChI=1S/C22H21N3O3/c1-15-6-3-4-7-18(15)14-24-21(26)16-10-11-23-20(13-16)25-19-9-5-8-17(12-19)22(27)28-2/h3-13H,14H2,1-2H3,(H,23,25)(H,24,26). The number of esters is 1. The van der Waals surface area contributed by atoms with Crippen molar-refractivity contribution in [1.29, 1.82) is 0 Å². The number of nitrogens with zero attached hydrogens (tertiary/aromatic N) is 1. The number of hydrogen-bond donors (Lipinski definition) is 2. The van der Waals surface area contributed by atoms with E-state index in [9.17, 15) is 9.59 Å². The van der Waals surface area contributed by atoms with Crippen LogP contribution >= 0.6 is 0 Å². The molecule has 0 bridgehead atoms. The second kappa shape index (κ2) is 8.81. The van der Waals surface area contributed by atoms with Crippen LogP contribution in [0.4, 0.5) is 11.5 Å². The predicted octanol–water partition coefficient (Wildman–Crippen LogP) is 3.85. The fourth-order valence-electron chi connectivity index (χ4n) is 2.72. The first-order chi connectivity index (χ1) is 13.6. The Morgan fingerprint density at radius 3 is 2.61 bits per heavy atom. The highest BCUT2D eigenvalue weighted by molar-refractivity contribution is 5.95. The van der Waals surface area contributed by atoms with Gasteiger partial charge in [0.1, 0.15) is 5.82 Å². The molecule has 1 amide bonds. The monoisotopic (exact) mass is 375 g/mol. The van der Waals surface area contributed by atoms with Gasteiger partial charge in [0.25, 0.3) is 5.91 Å². The number of hydrogen-bond acceptors (Lipinski definition) is 5. The van der Waals surface area contributed by atoms with E-state index >= 15 is 0 Å². The number of nitrogens with one attached hydrogen (secondary N) is 2. The number of rotatable bonds is 6. The molecule has 2 N–H and O–H groups in total. The fourth-order valence-corrected chi connectivity index (χ4v) is 2.72. The molecule has 0 atom stereocenters. The van der Waals surface area contributed by atoms with Crippen LogP contribution in [0.2, 0.25) is 0 Å². The lowest BCUT2D eigenvalue weighted by atomic mass is 10.1. The molecular weight excluding hydrogens is 354 g/mol. The van der Waals surface area contributed by atoms with E-state index in [0.29, 0.717) is 29.2 Å². The normalized spacial score (nSPS) is 10.2. The topological polar surface area (TPSA) is 80.3 Å². The highest BCUT2D eigenvalue weighted by atomic mass is 16.5. The smallest absolute Gasteiger partial charge is 0.337 e. The first-order valence-electron chi connectivity index (χ1n) is 8.81. The summed E-state index contributed by atoms with van der Waals surface area (Å²) in [7, 11) is 1.34. The molecule has 0 aliphatic rings. The average Bonchev–Trinajstić information content (AvgIpc) is 2.72. The summed E-state index contributed by atoms with van der Waals surface area (Å²) in [6, 6.07) is 18.1. The number of aryl methyl sites for hydroxylation is 1. The fraction of sp³-hybridized carbons (Fsp3) is 0.136. The number of anilines is 2. The Balaban J connectivity index is 1.69. The van der Waals surface area contributed by atoms with Crippen LogP contribution in [0.1, 0.15) is 31.8 Å². The second-order valence-electron chi connectivity index (χ2n) is 6.24. The van der Waals surface area contributed by atoms with Crippen molar-refractivity contribution in [3.8, 4) is 0 Å². The summed E-state index contributed by atoms with van der Waals surface area (Å²) in [6.07, 6.45) is 1.56. The maximum absolute atomic E-state index is 12.5. The molecule has 1 heterocycles. The van der Waals surface area contributed by atoms with Crippen molar-refractivity contribution in [2.75, 3.05) is 12.4 Å². The number of ether oxygens (including phenoxy) is 1. The van der Waals surface area contributed by atoms with Crippen LogP contribution in [0.15, 0.2) is 66.9 Å². The molecule has 2 aromatic carbocycles. The minimum absolute atomic E-state index is 0.183. The molecule has 0 saturated heterocycles. The van der Waals surface area contributed by atoms with Crippen LogP contribution in [0.5, 0.6) is 0 Å². The van der Waals surface area contributed by atoms with Crippen molar-refractivity contribution in [1.82, 2.24) is 10.3 Å². The summed E-state index contributed by atoms with van der Waals surface area (Å²) in [6.45, 7) is 2.47. The van der Waals surface area contributed by atoms with Gasteiger partial charge in [-0.3, -0.25) is 4.79 Å². The van der Waals surface area contributed by atoms with Gasteiger partial charge in [-0.25, -0.2) is 9.78 Å². The van der Waals surface area contributed by atoms with Gasteiger partial charge in [0, 0.05) is 24.0 Å². The Hall–Kier alpha value is -3.67. The van der Waals surface area contributed by atoms with Crippen molar-refractivity contribution in [2.24, 2.45) is 0 Å². The second-order valence-corrected chi connectivity index (χ2v) is 6.24. The van der Waals surface area contributed by atoms with Crippen LogP contribution in [0.3, 0.4) is 0 Å². The predicted molar refractivity (Wildman–Crippen MR) is 108 cm³/mol. The Bertz CT molecular complexity index is 1000. The van der Waals surface area contributed by atoms with E-state index in [2.05, 4.69) is 15.6 Å². The molecule has 28 heavy (non-hydrogen) atoms. The van der Waals surface area contributed by atoms with E-state index < -0.39 is 5.97 Å². The number of amides is 1. The summed E-state index contributed by atoms with van der Waals surface area (Å²) in [5, 5.41) is 6.03. The van der Waals surface area contributed by atoms with Crippen molar-refractivity contribution in [2.45, 2.75) is 13.5 Å². The molecule has 6 heteroatoms. The zero-order chi connectivity index (χ0) is 19.9. The lowest BCUT2D eigenvalue weighted by Crippen LogP contribution is -2.23. The summed E-state index contributed by atoms with van der Waals surface area (Å²) in [5.41, 5.74) is 3.80. The van der Waals surface area contributed by atoms with Gasteiger partial charge in [-0.1, -0.05) is 30.3 Å². The van der Waals surface area contributed by atoms with Crippen LogP contribution in [-0.4, -0.2) is 24.0 Å². The summed E-state index contributed by atoms with van der Waals surface area (Å²) in [5.74, 6) is -0.0940. The third-order valence-electron chi connectivity index (χ3n) is 4.28. The van der Waals surface area contributed by atoms with Gasteiger partial charge in [-0.05, 0) is 48.4 Å². The van der Waals surface area contributed by atoms with E-state index in [4.69, 9.17) is 4.74 Å². The van der Waals surface area contributed by atoms with Gasteiger partial charge < -0.3 is 15.4 Å².